The van der Waals surface area contributed by atoms with Gasteiger partial charge in [0.2, 0.25) is 5.50 Å². The van der Waals surface area contributed by atoms with Crippen LogP contribution in [0.2, 0.25) is 0 Å². The maximum absolute atomic E-state index is 13.0. The lowest BCUT2D eigenvalue weighted by Gasteiger charge is -2.14. The van der Waals surface area contributed by atoms with E-state index in [2.05, 4.69) is 18.4 Å². The molecule has 0 aliphatic carbocycles. The third-order valence-electron chi connectivity index (χ3n) is 4.04. The summed E-state index contributed by atoms with van der Waals surface area (Å²) < 4.78 is 31.7. The molecule has 0 unspecified atom stereocenters. The van der Waals surface area contributed by atoms with Gasteiger partial charge in [-0.05, 0) is 44.0 Å². The Bertz CT molecular complexity index is 967. The van der Waals surface area contributed by atoms with Crippen LogP contribution in [-0.2, 0) is 20.2 Å². The van der Waals surface area contributed by atoms with E-state index in [4.69, 9.17) is 24.2 Å². The van der Waals surface area contributed by atoms with Crippen LogP contribution in [0.15, 0.2) is 34.7 Å². The molecule has 0 amide bonds. The molecule has 8 heteroatoms. The van der Waals surface area contributed by atoms with Crippen molar-refractivity contribution in [2.24, 2.45) is 5.92 Å². The summed E-state index contributed by atoms with van der Waals surface area (Å²) in [6.45, 7) is 9.06. The minimum Gasteiger partial charge on any atom is -0.445 e. The molecule has 3 rings (SSSR count). The molecule has 2 heterocycles. The van der Waals surface area contributed by atoms with Crippen molar-refractivity contribution in [1.29, 1.82) is 0 Å². The zero-order valence-corrected chi connectivity index (χ0v) is 17.0. The Kier molecular flexibility index (Phi) is 5.75. The average Bonchev–Trinajstić information content (AvgIpc) is 3.22. The Balaban J connectivity index is 2.12. The van der Waals surface area contributed by atoms with E-state index in [0.29, 0.717) is 23.2 Å². The number of rotatable bonds is 8. The first-order valence-corrected chi connectivity index (χ1v) is 10.7. The largest absolute Gasteiger partial charge is 0.445 e. The van der Waals surface area contributed by atoms with Crippen LogP contribution in [0, 0.1) is 5.92 Å². The minimum atomic E-state index is -3.49. The van der Waals surface area contributed by atoms with Gasteiger partial charge in [-0.1, -0.05) is 19.9 Å². The number of nitrogen functional groups attached to an aromatic ring is 1. The first-order chi connectivity index (χ1) is 12.9. The van der Waals surface area contributed by atoms with Gasteiger partial charge in [0.25, 0.3) is 0 Å². The molecule has 0 spiro atoms. The molecule has 0 atom stereocenters. The molecule has 2 aromatic heterocycles. The quantitative estimate of drug-likeness (QED) is 0.451. The van der Waals surface area contributed by atoms with E-state index in [0.717, 1.165) is 17.6 Å². The third kappa shape index (κ3) is 3.81. The van der Waals surface area contributed by atoms with Crippen LogP contribution in [0.1, 0.15) is 27.7 Å². The van der Waals surface area contributed by atoms with E-state index < -0.39 is 7.60 Å². The van der Waals surface area contributed by atoms with Crippen molar-refractivity contribution in [2.75, 3.05) is 18.9 Å². The van der Waals surface area contributed by atoms with Gasteiger partial charge in [0.15, 0.2) is 11.6 Å². The number of para-hydroxylation sites is 1. The van der Waals surface area contributed by atoms with Crippen LogP contribution in [0.5, 0.6) is 0 Å². The van der Waals surface area contributed by atoms with E-state index in [1.54, 1.807) is 26.0 Å². The van der Waals surface area contributed by atoms with Gasteiger partial charge < -0.3 is 23.8 Å². The normalized spacial score (nSPS) is 12.3. The second kappa shape index (κ2) is 7.89. The van der Waals surface area contributed by atoms with Gasteiger partial charge in [0.1, 0.15) is 5.52 Å². The van der Waals surface area contributed by atoms with Crippen LogP contribution < -0.4 is 11.2 Å². The highest BCUT2D eigenvalue weighted by molar-refractivity contribution is 7.61. The number of nitrogens with zero attached hydrogens (tertiary/aromatic N) is 2. The molecule has 27 heavy (non-hydrogen) atoms. The molecule has 3 aromatic rings. The van der Waals surface area contributed by atoms with Crippen molar-refractivity contribution in [3.05, 3.63) is 30.3 Å². The number of anilines is 1. The summed E-state index contributed by atoms with van der Waals surface area (Å²) in [5, 5.41) is 0. The van der Waals surface area contributed by atoms with Crippen LogP contribution in [-0.4, -0.2) is 22.8 Å². The fourth-order valence-electron chi connectivity index (χ4n) is 3.01. The molecule has 7 nitrogen and oxygen atoms in total. The summed E-state index contributed by atoms with van der Waals surface area (Å²) in [5.41, 5.74) is 8.56. The summed E-state index contributed by atoms with van der Waals surface area (Å²) in [5.74, 6) is 1.54. The highest BCUT2D eigenvalue weighted by atomic mass is 31.2. The lowest BCUT2D eigenvalue weighted by atomic mass is 10.2. The number of aromatic nitrogens is 2. The van der Waals surface area contributed by atoms with Gasteiger partial charge in [-0.25, -0.2) is 4.98 Å². The first-order valence-electron chi connectivity index (χ1n) is 9.14. The van der Waals surface area contributed by atoms with Crippen molar-refractivity contribution in [3.8, 4) is 11.6 Å². The lowest BCUT2D eigenvalue weighted by Crippen LogP contribution is -2.09. The highest BCUT2D eigenvalue weighted by Crippen LogP contribution is 2.47. The number of hydrogen-bond donors (Lipinski definition) is 1. The van der Waals surface area contributed by atoms with Crippen LogP contribution >= 0.6 is 7.60 Å². The van der Waals surface area contributed by atoms with Crippen LogP contribution in [0.4, 0.5) is 5.69 Å². The minimum absolute atomic E-state index is 0.178. The standard InChI is InChI=1S/C19H26N3O4P/c1-5-24-27(23,25-6-2)17-11-10-16(26-17)19-21-18-14(20)8-7-9-15(18)22(19)12-13(3)4/h7-11,13H,5-6,12,20H2,1-4H3. The number of nitrogens with two attached hydrogens (primary N) is 1. The molecule has 0 radical (unpaired) electrons. The molecule has 146 valence electrons. The van der Waals surface area contributed by atoms with Crippen molar-refractivity contribution in [1.82, 2.24) is 9.55 Å². The molecule has 0 aliphatic heterocycles. The Morgan fingerprint density at radius 3 is 2.52 bits per heavy atom. The second-order valence-electron chi connectivity index (χ2n) is 6.63. The Morgan fingerprint density at radius 2 is 1.89 bits per heavy atom. The molecule has 0 saturated heterocycles. The summed E-state index contributed by atoms with van der Waals surface area (Å²) in [6.07, 6.45) is 0. The molecule has 2 N–H and O–H groups in total. The van der Waals surface area contributed by atoms with Crippen molar-refractivity contribution < 1.29 is 18.0 Å². The van der Waals surface area contributed by atoms with Gasteiger partial charge in [0.05, 0.1) is 24.4 Å². The van der Waals surface area contributed by atoms with E-state index in [-0.39, 0.29) is 18.7 Å². The first kappa shape index (κ1) is 19.7. The molecule has 0 bridgehead atoms. The van der Waals surface area contributed by atoms with Gasteiger partial charge in [0, 0.05) is 6.54 Å². The predicted molar refractivity (Wildman–Crippen MR) is 107 cm³/mol. The molecule has 0 aliphatic rings. The van der Waals surface area contributed by atoms with E-state index in [1.807, 2.05) is 18.2 Å². The average molecular weight is 391 g/mol. The number of furan rings is 1. The summed E-state index contributed by atoms with van der Waals surface area (Å²) in [6, 6.07) is 9.09. The summed E-state index contributed by atoms with van der Waals surface area (Å²) in [4.78, 5) is 4.70. The number of hydrogen-bond acceptors (Lipinski definition) is 6. The van der Waals surface area contributed by atoms with E-state index >= 15 is 0 Å². The predicted octanol–water partition coefficient (Wildman–Crippen LogP) is 4.43. The molecule has 1 aromatic carbocycles. The number of fused-ring (bicyclic) bond motifs is 1. The Labute approximate surface area is 159 Å². The Morgan fingerprint density at radius 1 is 1.19 bits per heavy atom. The lowest BCUT2D eigenvalue weighted by molar-refractivity contribution is 0.225. The van der Waals surface area contributed by atoms with E-state index in [1.165, 1.54) is 0 Å². The maximum Gasteiger partial charge on any atom is 0.396 e. The third-order valence-corrected chi connectivity index (χ3v) is 6.01. The van der Waals surface area contributed by atoms with Gasteiger partial charge >= 0.3 is 7.60 Å². The molecular weight excluding hydrogens is 365 g/mol. The topological polar surface area (TPSA) is 92.5 Å². The van der Waals surface area contributed by atoms with Crippen LogP contribution in [0.3, 0.4) is 0 Å². The van der Waals surface area contributed by atoms with Crippen LogP contribution in [0.25, 0.3) is 22.6 Å². The fraction of sp³-hybridized carbons (Fsp3) is 0.421. The molecule has 0 fully saturated rings. The monoisotopic (exact) mass is 391 g/mol. The highest BCUT2D eigenvalue weighted by Gasteiger charge is 2.31. The number of imidazole rings is 1. The zero-order valence-electron chi connectivity index (χ0n) is 16.1. The fourth-order valence-corrected chi connectivity index (χ4v) is 4.48. The number of benzene rings is 1. The smallest absolute Gasteiger partial charge is 0.396 e. The van der Waals surface area contributed by atoms with E-state index in [9.17, 15) is 4.57 Å². The van der Waals surface area contributed by atoms with Crippen molar-refractivity contribution >= 4 is 29.8 Å². The molecular formula is C19H26N3O4P. The van der Waals surface area contributed by atoms with Gasteiger partial charge in [-0.3, -0.25) is 4.57 Å². The van der Waals surface area contributed by atoms with Crippen molar-refractivity contribution in [3.63, 3.8) is 0 Å². The molecule has 0 saturated carbocycles. The summed E-state index contributed by atoms with van der Waals surface area (Å²) >= 11 is 0. The zero-order chi connectivity index (χ0) is 19.6. The Hall–Kier alpha value is -2.08. The van der Waals surface area contributed by atoms with Crippen molar-refractivity contribution in [2.45, 2.75) is 34.2 Å². The van der Waals surface area contributed by atoms with Gasteiger partial charge in [-0.15, -0.1) is 0 Å². The van der Waals surface area contributed by atoms with Gasteiger partial charge in [-0.2, -0.15) is 0 Å². The maximum atomic E-state index is 13.0. The SMILES string of the molecule is CCOP(=O)(OCC)c1ccc(-c2nc3c(N)cccc3n2CC(C)C)o1. The summed E-state index contributed by atoms with van der Waals surface area (Å²) in [7, 11) is -3.49. The second-order valence-corrected chi connectivity index (χ2v) is 8.58.